The first-order valence-electron chi connectivity index (χ1n) is 7.30. The van der Waals surface area contributed by atoms with Gasteiger partial charge in [-0.15, -0.1) is 11.3 Å². The molecule has 1 amide bonds. The number of thiazole rings is 1. The first-order chi connectivity index (χ1) is 11.0. The van der Waals surface area contributed by atoms with Gasteiger partial charge < -0.3 is 5.32 Å². The number of aromatic nitrogens is 3. The Bertz CT molecular complexity index is 866. The Hall–Kier alpha value is -1.86. The van der Waals surface area contributed by atoms with Crippen molar-refractivity contribution in [2.75, 3.05) is 11.6 Å². The fourth-order valence-corrected chi connectivity index (χ4v) is 3.87. The average Bonchev–Trinajstić information content (AvgIpc) is 3.09. The molecule has 0 saturated carbocycles. The van der Waals surface area contributed by atoms with Gasteiger partial charge in [0.15, 0.2) is 4.34 Å². The molecule has 120 valence electrons. The summed E-state index contributed by atoms with van der Waals surface area (Å²) >= 11 is 3.26. The number of fused-ring (bicyclic) bond motifs is 1. The van der Waals surface area contributed by atoms with Crippen molar-refractivity contribution >= 4 is 44.9 Å². The van der Waals surface area contributed by atoms with E-state index < -0.39 is 0 Å². The van der Waals surface area contributed by atoms with Crippen LogP contribution in [0, 0.1) is 6.92 Å². The van der Waals surface area contributed by atoms with Crippen LogP contribution in [-0.4, -0.2) is 26.9 Å². The lowest BCUT2D eigenvalue weighted by Crippen LogP contribution is -2.18. The number of hydrogen-bond acceptors (Lipinski definition) is 5. The second kappa shape index (κ2) is 6.33. The van der Waals surface area contributed by atoms with Gasteiger partial charge in [-0.1, -0.05) is 11.8 Å². The summed E-state index contributed by atoms with van der Waals surface area (Å²) in [4.78, 5) is 17.1. The molecule has 0 radical (unpaired) electrons. The molecule has 0 unspecified atom stereocenters. The van der Waals surface area contributed by atoms with Crippen molar-refractivity contribution in [2.45, 2.75) is 31.2 Å². The van der Waals surface area contributed by atoms with Crippen LogP contribution in [0.15, 0.2) is 28.6 Å². The maximum atomic E-state index is 12.6. The molecular formula is C16H18N4OS2. The minimum atomic E-state index is -0.145. The van der Waals surface area contributed by atoms with Gasteiger partial charge >= 0.3 is 0 Å². The molecule has 0 aliphatic carbocycles. The Balaban J connectivity index is 1.88. The van der Waals surface area contributed by atoms with Crippen LogP contribution in [0.3, 0.4) is 0 Å². The Morgan fingerprint density at radius 2 is 2.13 bits per heavy atom. The van der Waals surface area contributed by atoms with Gasteiger partial charge in [-0.05, 0) is 51.3 Å². The smallest absolute Gasteiger partial charge is 0.273 e. The molecule has 0 saturated heterocycles. The van der Waals surface area contributed by atoms with Crippen LogP contribution < -0.4 is 5.32 Å². The number of rotatable bonds is 4. The van der Waals surface area contributed by atoms with Crippen LogP contribution in [0.2, 0.25) is 0 Å². The lowest BCUT2D eigenvalue weighted by molar-refractivity contribution is 0.101. The predicted octanol–water partition coefficient (Wildman–Crippen LogP) is 4.36. The highest BCUT2D eigenvalue weighted by molar-refractivity contribution is 8.00. The molecule has 7 heteroatoms. The van der Waals surface area contributed by atoms with E-state index in [4.69, 9.17) is 0 Å². The number of benzene rings is 1. The fraction of sp³-hybridized carbons (Fsp3) is 0.312. The van der Waals surface area contributed by atoms with Crippen molar-refractivity contribution in [3.63, 3.8) is 0 Å². The molecule has 0 fully saturated rings. The molecule has 0 aliphatic rings. The Morgan fingerprint density at radius 1 is 1.35 bits per heavy atom. The van der Waals surface area contributed by atoms with Crippen LogP contribution in [0.25, 0.3) is 10.2 Å². The quantitative estimate of drug-likeness (QED) is 0.713. The molecule has 2 heterocycles. The highest BCUT2D eigenvalue weighted by Gasteiger charge is 2.16. The Labute approximate surface area is 143 Å². The number of aryl methyl sites for hydroxylation is 1. The SMILES string of the molecule is CSc1nc2ccc(NC(=O)c3cc(C)nn3C(C)C)cc2s1. The van der Waals surface area contributed by atoms with E-state index in [1.807, 2.05) is 51.3 Å². The van der Waals surface area contributed by atoms with Crippen LogP contribution in [0.5, 0.6) is 0 Å². The van der Waals surface area contributed by atoms with Gasteiger partial charge in [0.2, 0.25) is 0 Å². The van der Waals surface area contributed by atoms with E-state index >= 15 is 0 Å². The largest absolute Gasteiger partial charge is 0.321 e. The van der Waals surface area contributed by atoms with Crippen LogP contribution in [-0.2, 0) is 0 Å². The molecular weight excluding hydrogens is 328 g/mol. The van der Waals surface area contributed by atoms with E-state index in [0.29, 0.717) is 5.69 Å². The van der Waals surface area contributed by atoms with Crippen molar-refractivity contribution in [3.8, 4) is 0 Å². The third-order valence-electron chi connectivity index (χ3n) is 3.38. The molecule has 1 aromatic carbocycles. The van der Waals surface area contributed by atoms with Crippen LogP contribution in [0.4, 0.5) is 5.69 Å². The van der Waals surface area contributed by atoms with E-state index in [9.17, 15) is 4.79 Å². The number of nitrogens with zero attached hydrogens (tertiary/aromatic N) is 3. The lowest BCUT2D eigenvalue weighted by atomic mass is 10.2. The first kappa shape index (κ1) is 16.0. The molecule has 23 heavy (non-hydrogen) atoms. The van der Waals surface area contributed by atoms with Crippen molar-refractivity contribution in [1.82, 2.24) is 14.8 Å². The van der Waals surface area contributed by atoms with Crippen molar-refractivity contribution < 1.29 is 4.79 Å². The summed E-state index contributed by atoms with van der Waals surface area (Å²) in [6.07, 6.45) is 2.01. The van der Waals surface area contributed by atoms with Gasteiger partial charge in [-0.3, -0.25) is 9.48 Å². The standard InChI is InChI=1S/C16H18N4OS2/c1-9(2)20-13(7-10(3)19-20)15(21)17-11-5-6-12-14(8-11)23-16(18-12)22-4/h5-9H,1-4H3,(H,17,21). The highest BCUT2D eigenvalue weighted by atomic mass is 32.2. The van der Waals surface area contributed by atoms with Gasteiger partial charge in [0.05, 0.1) is 15.9 Å². The summed E-state index contributed by atoms with van der Waals surface area (Å²) in [5, 5.41) is 7.34. The Kier molecular flexibility index (Phi) is 4.41. The molecule has 3 aromatic rings. The molecule has 5 nitrogen and oxygen atoms in total. The maximum absolute atomic E-state index is 12.6. The zero-order valence-corrected chi connectivity index (χ0v) is 15.1. The molecule has 3 rings (SSSR count). The van der Waals surface area contributed by atoms with Gasteiger partial charge in [-0.2, -0.15) is 5.10 Å². The van der Waals surface area contributed by atoms with Crippen molar-refractivity contribution in [2.24, 2.45) is 0 Å². The van der Waals surface area contributed by atoms with E-state index in [1.54, 1.807) is 27.8 Å². The fourth-order valence-electron chi connectivity index (χ4n) is 2.34. The summed E-state index contributed by atoms with van der Waals surface area (Å²) in [5.74, 6) is -0.145. The lowest BCUT2D eigenvalue weighted by Gasteiger charge is -2.11. The summed E-state index contributed by atoms with van der Waals surface area (Å²) in [7, 11) is 0. The summed E-state index contributed by atoms with van der Waals surface area (Å²) in [5.41, 5.74) is 3.14. The highest BCUT2D eigenvalue weighted by Crippen LogP contribution is 2.30. The summed E-state index contributed by atoms with van der Waals surface area (Å²) in [6, 6.07) is 7.73. The number of nitrogens with one attached hydrogen (secondary N) is 1. The van der Waals surface area contributed by atoms with E-state index in [1.165, 1.54) is 0 Å². The van der Waals surface area contributed by atoms with Crippen molar-refractivity contribution in [3.05, 3.63) is 35.7 Å². The topological polar surface area (TPSA) is 59.8 Å². The molecule has 1 N–H and O–H groups in total. The number of amides is 1. The first-order valence-corrected chi connectivity index (χ1v) is 9.34. The zero-order valence-electron chi connectivity index (χ0n) is 13.5. The number of hydrogen-bond donors (Lipinski definition) is 1. The number of carbonyl (C=O) groups excluding carboxylic acids is 1. The van der Waals surface area contributed by atoms with Gasteiger partial charge in [-0.25, -0.2) is 4.98 Å². The third-order valence-corrected chi connectivity index (χ3v) is 5.38. The van der Waals surface area contributed by atoms with Gasteiger partial charge in [0, 0.05) is 11.7 Å². The Morgan fingerprint density at radius 3 is 2.83 bits per heavy atom. The van der Waals surface area contributed by atoms with Crippen molar-refractivity contribution in [1.29, 1.82) is 0 Å². The summed E-state index contributed by atoms with van der Waals surface area (Å²) < 4.78 is 3.85. The molecule has 0 aliphatic heterocycles. The number of carbonyl (C=O) groups is 1. The van der Waals surface area contributed by atoms with E-state index in [0.717, 1.165) is 25.9 Å². The van der Waals surface area contributed by atoms with Crippen LogP contribution >= 0.6 is 23.1 Å². The number of anilines is 1. The predicted molar refractivity (Wildman–Crippen MR) is 96.7 cm³/mol. The van der Waals surface area contributed by atoms with Gasteiger partial charge in [0.1, 0.15) is 5.69 Å². The zero-order chi connectivity index (χ0) is 16.6. The second-order valence-electron chi connectivity index (χ2n) is 5.53. The molecule has 0 atom stereocenters. The monoisotopic (exact) mass is 346 g/mol. The van der Waals surface area contributed by atoms with E-state index in [-0.39, 0.29) is 11.9 Å². The minimum absolute atomic E-state index is 0.137. The third kappa shape index (κ3) is 3.25. The molecule has 0 spiro atoms. The maximum Gasteiger partial charge on any atom is 0.273 e. The minimum Gasteiger partial charge on any atom is -0.321 e. The normalized spacial score (nSPS) is 11.3. The van der Waals surface area contributed by atoms with E-state index in [2.05, 4.69) is 15.4 Å². The molecule has 0 bridgehead atoms. The van der Waals surface area contributed by atoms with Crippen LogP contribution in [0.1, 0.15) is 36.1 Å². The average molecular weight is 346 g/mol. The second-order valence-corrected chi connectivity index (χ2v) is 7.61. The summed E-state index contributed by atoms with van der Waals surface area (Å²) in [6.45, 7) is 5.91. The number of thioether (sulfide) groups is 1. The van der Waals surface area contributed by atoms with Gasteiger partial charge in [0.25, 0.3) is 5.91 Å². The molecule has 2 aromatic heterocycles.